The number of esters is 1. The molecule has 7 rings (SSSR count). The van der Waals surface area contributed by atoms with Crippen molar-refractivity contribution in [3.63, 3.8) is 0 Å². The Kier molecular flexibility index (Phi) is 6.39. The lowest BCUT2D eigenvalue weighted by molar-refractivity contribution is -0.395. The van der Waals surface area contributed by atoms with Crippen molar-refractivity contribution in [2.45, 2.75) is 131 Å². The van der Waals surface area contributed by atoms with Gasteiger partial charge in [0.15, 0.2) is 5.79 Å². The van der Waals surface area contributed by atoms with Crippen molar-refractivity contribution in [1.29, 1.82) is 0 Å². The first-order valence-corrected chi connectivity index (χ1v) is 16.4. The van der Waals surface area contributed by atoms with Crippen LogP contribution >= 0.6 is 0 Å². The summed E-state index contributed by atoms with van der Waals surface area (Å²) in [6.07, 6.45) is 10.0. The van der Waals surface area contributed by atoms with Gasteiger partial charge in [0.1, 0.15) is 11.5 Å². The maximum absolute atomic E-state index is 13.4. The number of hydrogen-bond donors (Lipinski definition) is 2. The van der Waals surface area contributed by atoms with Crippen molar-refractivity contribution in [2.75, 3.05) is 6.61 Å². The van der Waals surface area contributed by atoms with Crippen LogP contribution in [0.1, 0.15) is 120 Å². The highest BCUT2D eigenvalue weighted by atomic mass is 16.6. The van der Waals surface area contributed by atoms with E-state index in [1.807, 2.05) is 13.8 Å². The minimum Gasteiger partial charge on any atom is -0.481 e. The van der Waals surface area contributed by atoms with Crippen molar-refractivity contribution in [2.24, 2.45) is 56.2 Å². The summed E-state index contributed by atoms with van der Waals surface area (Å²) in [4.78, 5) is 26.5. The van der Waals surface area contributed by atoms with Crippen molar-refractivity contribution >= 4 is 11.9 Å². The van der Waals surface area contributed by atoms with Gasteiger partial charge in [0.25, 0.3) is 0 Å². The average molecular weight is 571 g/mol. The lowest BCUT2D eigenvalue weighted by Crippen LogP contribution is -2.73. The molecule has 0 radical (unpaired) electrons. The Balaban J connectivity index is 1.43. The highest BCUT2D eigenvalue weighted by Gasteiger charge is 2.75. The molecule has 0 aromatic carbocycles. The van der Waals surface area contributed by atoms with Gasteiger partial charge in [-0.2, -0.15) is 0 Å². The number of allylic oxidation sites excluding steroid dienone is 2. The Hall–Kier alpha value is -1.40. The van der Waals surface area contributed by atoms with Crippen LogP contribution in [0.3, 0.4) is 0 Å². The summed E-state index contributed by atoms with van der Waals surface area (Å²) in [5.74, 6) is -1.64. The fourth-order valence-electron chi connectivity index (χ4n) is 11.8. The van der Waals surface area contributed by atoms with Crippen LogP contribution in [0.5, 0.6) is 0 Å². The summed E-state index contributed by atoms with van der Waals surface area (Å²) in [6, 6.07) is 0. The van der Waals surface area contributed by atoms with Gasteiger partial charge in [-0.05, 0) is 85.9 Å². The number of carbonyl (C=O) groups is 2. The average Bonchev–Trinajstić information content (AvgIpc) is 2.88. The van der Waals surface area contributed by atoms with Gasteiger partial charge in [0.05, 0.1) is 12.5 Å². The number of hydrogen-bond acceptors (Lipinski definition) is 5. The summed E-state index contributed by atoms with van der Waals surface area (Å²) in [5.41, 5.74) is -0.275. The molecule has 0 aromatic heterocycles. The van der Waals surface area contributed by atoms with Gasteiger partial charge >= 0.3 is 11.9 Å². The molecule has 2 heterocycles. The third-order valence-electron chi connectivity index (χ3n) is 14.7. The lowest BCUT2D eigenvalue weighted by atomic mass is 9.32. The fourth-order valence-corrected chi connectivity index (χ4v) is 11.8. The van der Waals surface area contributed by atoms with E-state index in [0.29, 0.717) is 44.1 Å². The molecule has 7 aliphatic rings. The Labute approximate surface area is 247 Å². The van der Waals surface area contributed by atoms with E-state index < -0.39 is 23.3 Å². The Morgan fingerprint density at radius 1 is 1.02 bits per heavy atom. The third kappa shape index (κ3) is 3.56. The quantitative estimate of drug-likeness (QED) is 0.276. The second-order valence-electron chi connectivity index (χ2n) is 17.0. The van der Waals surface area contributed by atoms with Crippen molar-refractivity contribution < 1.29 is 29.3 Å². The molecular weight excluding hydrogens is 516 g/mol. The van der Waals surface area contributed by atoms with Crippen LogP contribution in [-0.2, 0) is 19.1 Å². The van der Waals surface area contributed by atoms with Crippen LogP contribution in [-0.4, -0.2) is 40.6 Å². The molecule has 6 fully saturated rings. The van der Waals surface area contributed by atoms with Gasteiger partial charge < -0.3 is 19.7 Å². The number of rotatable bonds is 4. The highest BCUT2D eigenvalue weighted by molar-refractivity contribution is 5.79. The molecule has 41 heavy (non-hydrogen) atoms. The van der Waals surface area contributed by atoms with Crippen molar-refractivity contribution in [1.82, 2.24) is 0 Å². The number of fused-ring (bicyclic) bond motifs is 7. The van der Waals surface area contributed by atoms with E-state index in [-0.39, 0.29) is 44.9 Å². The number of carbonyl (C=O) groups excluding carboxylic acids is 1. The number of aliphatic hydroxyl groups is 1. The molecule has 2 bridgehead atoms. The van der Waals surface area contributed by atoms with Crippen molar-refractivity contribution in [3.05, 3.63) is 11.6 Å². The molecule has 2 N–H and O–H groups in total. The Morgan fingerprint density at radius 2 is 1.73 bits per heavy atom. The van der Waals surface area contributed by atoms with E-state index >= 15 is 0 Å². The van der Waals surface area contributed by atoms with E-state index in [2.05, 4.69) is 47.6 Å². The molecule has 0 amide bonds. The SMILES string of the molecule is CCC(C)C(=O)O[C@@H]1CC(C)(C)C[C@H]2C3=CC[C@@H]4[C@]56CC[C@](O)(OC5)C(C)(C)[C@@H]6CC[C@@]4(C)[C@]3(C)CC[C@@]12C(=O)O. The number of aliphatic carboxylic acids is 1. The lowest BCUT2D eigenvalue weighted by Gasteiger charge is -2.74. The maximum atomic E-state index is 13.4. The van der Waals surface area contributed by atoms with E-state index in [4.69, 9.17) is 9.47 Å². The van der Waals surface area contributed by atoms with Gasteiger partial charge in [0.2, 0.25) is 0 Å². The molecule has 6 heteroatoms. The monoisotopic (exact) mass is 570 g/mol. The standard InChI is InChI=1S/C35H54O6/c1-9-21(2)27(36)41-26-19-29(3,4)18-23-22-10-11-25-32(8,31(22,7)14-16-34(23,26)28(37)38)13-12-24-30(5,6)35(39)17-15-33(24,25)20-40-35/h10,21,23-26,39H,9,11-20H2,1-8H3,(H,37,38)/t21?,23-,24-,25-,26+,31+,32+,33+,34-,35-/m0/s1. The zero-order chi connectivity index (χ0) is 30.0. The Bertz CT molecular complexity index is 1160. The molecule has 10 atom stereocenters. The second kappa shape index (κ2) is 8.83. The fraction of sp³-hybridized carbons (Fsp3) is 0.886. The summed E-state index contributed by atoms with van der Waals surface area (Å²) in [6.45, 7) is 18.3. The third-order valence-corrected chi connectivity index (χ3v) is 14.7. The van der Waals surface area contributed by atoms with E-state index in [1.54, 1.807) is 0 Å². The van der Waals surface area contributed by atoms with E-state index in [1.165, 1.54) is 5.57 Å². The van der Waals surface area contributed by atoms with Gasteiger partial charge in [-0.25, -0.2) is 0 Å². The molecule has 2 aliphatic heterocycles. The van der Waals surface area contributed by atoms with Crippen LogP contribution in [0.15, 0.2) is 11.6 Å². The summed E-state index contributed by atoms with van der Waals surface area (Å²) in [5, 5.41) is 22.5. The summed E-state index contributed by atoms with van der Waals surface area (Å²) < 4.78 is 12.6. The molecule has 6 nitrogen and oxygen atoms in total. The predicted octanol–water partition coefficient (Wildman–Crippen LogP) is 7.14. The maximum Gasteiger partial charge on any atom is 0.314 e. The minimum absolute atomic E-state index is 0.00890. The van der Waals surface area contributed by atoms with Crippen molar-refractivity contribution in [3.8, 4) is 0 Å². The first-order chi connectivity index (χ1) is 18.9. The predicted molar refractivity (Wildman–Crippen MR) is 157 cm³/mol. The molecule has 4 saturated carbocycles. The molecule has 1 unspecified atom stereocenters. The Morgan fingerprint density at radius 3 is 2.34 bits per heavy atom. The molecular formula is C35H54O6. The first-order valence-electron chi connectivity index (χ1n) is 16.4. The number of carboxylic acids is 1. The second-order valence-corrected chi connectivity index (χ2v) is 17.0. The molecule has 1 spiro atoms. The molecule has 0 aromatic rings. The van der Waals surface area contributed by atoms with Gasteiger partial charge in [-0.3, -0.25) is 9.59 Å². The van der Waals surface area contributed by atoms with E-state index in [9.17, 15) is 19.8 Å². The zero-order valence-corrected chi connectivity index (χ0v) is 26.8. The summed E-state index contributed by atoms with van der Waals surface area (Å²) >= 11 is 0. The normalized spacial score (nSPS) is 49.8. The highest BCUT2D eigenvalue weighted by Crippen LogP contribution is 2.78. The largest absolute Gasteiger partial charge is 0.481 e. The van der Waals surface area contributed by atoms with Crippen LogP contribution in [0.25, 0.3) is 0 Å². The van der Waals surface area contributed by atoms with Crippen LogP contribution in [0.2, 0.25) is 0 Å². The van der Waals surface area contributed by atoms with Gasteiger partial charge in [0, 0.05) is 23.2 Å². The van der Waals surface area contributed by atoms with E-state index in [0.717, 1.165) is 38.5 Å². The van der Waals surface area contributed by atoms with Crippen LogP contribution < -0.4 is 0 Å². The van der Waals surface area contributed by atoms with Crippen LogP contribution in [0, 0.1) is 56.2 Å². The molecule has 5 aliphatic carbocycles. The number of ether oxygens (including phenoxy) is 2. The number of carboxylic acid groups (broad SMARTS) is 1. The first kappa shape index (κ1) is 29.7. The zero-order valence-electron chi connectivity index (χ0n) is 26.8. The summed E-state index contributed by atoms with van der Waals surface area (Å²) in [7, 11) is 0. The minimum atomic E-state index is -1.08. The molecule has 2 saturated heterocycles. The van der Waals surface area contributed by atoms with Gasteiger partial charge in [-0.15, -0.1) is 0 Å². The van der Waals surface area contributed by atoms with Gasteiger partial charge in [-0.1, -0.05) is 67.0 Å². The smallest absolute Gasteiger partial charge is 0.314 e. The molecule has 230 valence electrons. The topological polar surface area (TPSA) is 93.1 Å². The van der Waals surface area contributed by atoms with Crippen LogP contribution in [0.4, 0.5) is 0 Å².